The summed E-state index contributed by atoms with van der Waals surface area (Å²) >= 11 is 4.68. The van der Waals surface area contributed by atoms with Crippen LogP contribution < -0.4 is 5.32 Å². The lowest BCUT2D eigenvalue weighted by Gasteiger charge is -2.02. The molecule has 0 spiro atoms. The highest BCUT2D eigenvalue weighted by atomic mass is 79.9. The van der Waals surface area contributed by atoms with E-state index in [1.54, 1.807) is 18.7 Å². The average molecular weight is 301 g/mol. The van der Waals surface area contributed by atoms with Crippen molar-refractivity contribution in [3.05, 3.63) is 28.7 Å². The van der Waals surface area contributed by atoms with E-state index in [9.17, 15) is 4.79 Å². The van der Waals surface area contributed by atoms with E-state index < -0.39 is 0 Å². The maximum absolute atomic E-state index is 11.5. The minimum absolute atomic E-state index is 0.0458. The predicted octanol–water partition coefficient (Wildman–Crippen LogP) is 2.13. The van der Waals surface area contributed by atoms with Gasteiger partial charge in [0, 0.05) is 25.4 Å². The van der Waals surface area contributed by atoms with E-state index in [0.29, 0.717) is 18.1 Å². The molecule has 0 bridgehead atoms. The monoisotopic (exact) mass is 300 g/mol. The first-order chi connectivity index (χ1) is 7.74. The highest BCUT2D eigenvalue weighted by Crippen LogP contribution is 2.23. The number of anilines is 1. The number of halogens is 1. The van der Waals surface area contributed by atoms with Gasteiger partial charge in [-0.2, -0.15) is 0 Å². The van der Waals surface area contributed by atoms with Crippen molar-refractivity contribution in [1.29, 1.82) is 0 Å². The van der Waals surface area contributed by atoms with Gasteiger partial charge in [-0.15, -0.1) is 0 Å². The minimum Gasteiger partial charge on any atom is -0.337 e. The van der Waals surface area contributed by atoms with Crippen LogP contribution in [0, 0.1) is 0 Å². The van der Waals surface area contributed by atoms with E-state index in [1.807, 2.05) is 10.8 Å². The molecule has 2 rings (SSSR count). The van der Waals surface area contributed by atoms with Crippen LogP contribution in [0.3, 0.4) is 0 Å². The quantitative estimate of drug-likeness (QED) is 0.941. The third-order valence-corrected chi connectivity index (χ3v) is 3.27. The first-order valence-corrected chi connectivity index (χ1v) is 6.22. The van der Waals surface area contributed by atoms with Crippen molar-refractivity contribution in [3.63, 3.8) is 0 Å². The number of thiazole rings is 1. The van der Waals surface area contributed by atoms with Crippen LogP contribution >= 0.6 is 27.3 Å². The smallest absolute Gasteiger partial charge is 0.227 e. The van der Waals surface area contributed by atoms with Crippen LogP contribution in [0.25, 0.3) is 0 Å². The van der Waals surface area contributed by atoms with Crippen molar-refractivity contribution in [2.24, 2.45) is 0 Å². The van der Waals surface area contributed by atoms with Crippen molar-refractivity contribution in [2.75, 3.05) is 5.32 Å². The molecule has 0 saturated heterocycles. The zero-order chi connectivity index (χ0) is 11.4. The maximum Gasteiger partial charge on any atom is 0.227 e. The van der Waals surface area contributed by atoms with Gasteiger partial charge in [-0.25, -0.2) is 9.97 Å². The van der Waals surface area contributed by atoms with Gasteiger partial charge in [0.1, 0.15) is 0 Å². The standard InChI is InChI=1S/C9H9BrN4OS/c10-7-5-12-9(16-7)13-8(15)1-3-14-4-2-11-6-14/h2,4-6H,1,3H2,(H,12,13,15). The highest BCUT2D eigenvalue weighted by Gasteiger charge is 2.05. The number of carbonyl (C=O) groups is 1. The van der Waals surface area contributed by atoms with Gasteiger partial charge in [-0.05, 0) is 15.9 Å². The van der Waals surface area contributed by atoms with Gasteiger partial charge in [0.15, 0.2) is 5.13 Å². The Kier molecular flexibility index (Phi) is 3.68. The molecule has 0 saturated carbocycles. The first kappa shape index (κ1) is 11.3. The van der Waals surface area contributed by atoms with Crippen LogP contribution in [0.2, 0.25) is 0 Å². The molecule has 0 radical (unpaired) electrons. The molecule has 0 atom stereocenters. The molecule has 2 aromatic heterocycles. The first-order valence-electron chi connectivity index (χ1n) is 4.61. The van der Waals surface area contributed by atoms with Gasteiger partial charge in [-0.3, -0.25) is 4.79 Å². The molecule has 1 N–H and O–H groups in total. The van der Waals surface area contributed by atoms with Gasteiger partial charge in [0.05, 0.1) is 16.3 Å². The van der Waals surface area contributed by atoms with E-state index in [1.165, 1.54) is 11.3 Å². The summed E-state index contributed by atoms with van der Waals surface area (Å²) in [6.45, 7) is 0.623. The molecule has 16 heavy (non-hydrogen) atoms. The highest BCUT2D eigenvalue weighted by molar-refractivity contribution is 9.11. The second-order valence-corrected chi connectivity index (χ2v) is 5.48. The van der Waals surface area contributed by atoms with Gasteiger partial charge in [-0.1, -0.05) is 11.3 Å². The molecule has 7 heteroatoms. The number of rotatable bonds is 4. The molecule has 0 aromatic carbocycles. The number of imidazole rings is 1. The van der Waals surface area contributed by atoms with Gasteiger partial charge >= 0.3 is 0 Å². The molecular weight excluding hydrogens is 292 g/mol. The number of aromatic nitrogens is 3. The molecule has 0 aliphatic heterocycles. The van der Waals surface area contributed by atoms with Crippen LogP contribution in [0.4, 0.5) is 5.13 Å². The summed E-state index contributed by atoms with van der Waals surface area (Å²) in [6, 6.07) is 0. The van der Waals surface area contributed by atoms with Crippen molar-refractivity contribution in [3.8, 4) is 0 Å². The summed E-state index contributed by atoms with van der Waals surface area (Å²) in [6.07, 6.45) is 7.28. The van der Waals surface area contributed by atoms with Gasteiger partial charge in [0.25, 0.3) is 0 Å². The molecule has 0 unspecified atom stereocenters. The van der Waals surface area contributed by atoms with Gasteiger partial charge < -0.3 is 9.88 Å². The molecule has 0 aliphatic rings. The number of amides is 1. The lowest BCUT2D eigenvalue weighted by atomic mass is 10.4. The molecule has 0 fully saturated rings. The Morgan fingerprint density at radius 2 is 2.50 bits per heavy atom. The van der Waals surface area contributed by atoms with Gasteiger partial charge in [0.2, 0.25) is 5.91 Å². The third-order valence-electron chi connectivity index (χ3n) is 1.88. The summed E-state index contributed by atoms with van der Waals surface area (Å²) in [5.41, 5.74) is 0. The Hall–Kier alpha value is -1.21. The molecular formula is C9H9BrN4OS. The molecule has 2 aromatic rings. The number of hydrogen-bond donors (Lipinski definition) is 1. The fourth-order valence-electron chi connectivity index (χ4n) is 1.14. The van der Waals surface area contributed by atoms with Crippen LogP contribution in [0.5, 0.6) is 0 Å². The van der Waals surface area contributed by atoms with E-state index >= 15 is 0 Å². The van der Waals surface area contributed by atoms with E-state index in [-0.39, 0.29) is 5.91 Å². The van der Waals surface area contributed by atoms with E-state index in [2.05, 4.69) is 31.2 Å². The Morgan fingerprint density at radius 3 is 3.12 bits per heavy atom. The number of aryl methyl sites for hydroxylation is 1. The zero-order valence-electron chi connectivity index (χ0n) is 8.26. The maximum atomic E-state index is 11.5. The predicted molar refractivity (Wildman–Crippen MR) is 65.3 cm³/mol. The number of hydrogen-bond acceptors (Lipinski definition) is 4. The zero-order valence-corrected chi connectivity index (χ0v) is 10.7. The lowest BCUT2D eigenvalue weighted by molar-refractivity contribution is -0.116. The van der Waals surface area contributed by atoms with Crippen molar-refractivity contribution in [2.45, 2.75) is 13.0 Å². The summed E-state index contributed by atoms with van der Waals surface area (Å²) in [5, 5.41) is 3.34. The summed E-state index contributed by atoms with van der Waals surface area (Å²) in [4.78, 5) is 19.4. The number of nitrogens with one attached hydrogen (secondary N) is 1. The summed E-state index contributed by atoms with van der Waals surface area (Å²) in [7, 11) is 0. The van der Waals surface area contributed by atoms with Crippen LogP contribution in [-0.2, 0) is 11.3 Å². The van der Waals surface area contributed by atoms with Crippen molar-refractivity contribution >= 4 is 38.3 Å². The Bertz CT molecular complexity index is 468. The van der Waals surface area contributed by atoms with E-state index in [0.717, 1.165) is 3.79 Å². The molecule has 0 aliphatic carbocycles. The van der Waals surface area contributed by atoms with Crippen LogP contribution in [0.1, 0.15) is 6.42 Å². The second kappa shape index (κ2) is 5.22. The number of carbonyl (C=O) groups excluding carboxylic acids is 1. The topological polar surface area (TPSA) is 59.8 Å². The largest absolute Gasteiger partial charge is 0.337 e. The van der Waals surface area contributed by atoms with Crippen LogP contribution in [0.15, 0.2) is 28.7 Å². The third kappa shape index (κ3) is 3.14. The van der Waals surface area contributed by atoms with Crippen molar-refractivity contribution < 1.29 is 4.79 Å². The Balaban J connectivity index is 1.81. The second-order valence-electron chi connectivity index (χ2n) is 3.07. The molecule has 84 valence electrons. The molecule has 5 nitrogen and oxygen atoms in total. The average Bonchev–Trinajstić information content (AvgIpc) is 2.87. The molecule has 1 amide bonds. The SMILES string of the molecule is O=C(CCn1ccnc1)Nc1ncc(Br)s1. The minimum atomic E-state index is -0.0458. The van der Waals surface area contributed by atoms with Crippen molar-refractivity contribution in [1.82, 2.24) is 14.5 Å². The normalized spacial score (nSPS) is 10.3. The fourth-order valence-corrected chi connectivity index (χ4v) is 2.27. The Labute approximate surface area is 105 Å². The molecule has 2 heterocycles. The summed E-state index contributed by atoms with van der Waals surface area (Å²) < 4.78 is 2.76. The fraction of sp³-hybridized carbons (Fsp3) is 0.222. The van der Waals surface area contributed by atoms with Crippen LogP contribution in [-0.4, -0.2) is 20.4 Å². The lowest BCUT2D eigenvalue weighted by Crippen LogP contribution is -2.13. The van der Waals surface area contributed by atoms with E-state index in [4.69, 9.17) is 0 Å². The number of nitrogens with zero attached hydrogens (tertiary/aromatic N) is 3. The summed E-state index contributed by atoms with van der Waals surface area (Å²) in [5.74, 6) is -0.0458. The Morgan fingerprint density at radius 1 is 1.62 bits per heavy atom.